The van der Waals surface area contributed by atoms with E-state index in [2.05, 4.69) is 0 Å². The van der Waals surface area contributed by atoms with Gasteiger partial charge in [-0.2, -0.15) is 0 Å². The first-order valence-corrected chi connectivity index (χ1v) is 6.12. The lowest BCUT2D eigenvalue weighted by molar-refractivity contribution is 0.612. The van der Waals surface area contributed by atoms with E-state index in [9.17, 15) is 4.39 Å². The highest BCUT2D eigenvalue weighted by Crippen LogP contribution is 2.35. The normalized spacial score (nSPS) is 12.5. The molecule has 0 heterocycles. The molecule has 1 unspecified atom stereocenters. The maximum absolute atomic E-state index is 13.7. The van der Waals surface area contributed by atoms with Crippen molar-refractivity contribution in [3.05, 3.63) is 69.5 Å². The van der Waals surface area contributed by atoms with E-state index < -0.39 is 11.2 Å². The van der Waals surface area contributed by atoms with Gasteiger partial charge in [0.05, 0.1) is 5.38 Å². The smallest absolute Gasteiger partial charge is 0.129 e. The molecule has 0 radical (unpaired) electrons. The molecule has 4 heteroatoms. The Morgan fingerprint density at radius 3 is 2.18 bits per heavy atom. The van der Waals surface area contributed by atoms with E-state index in [0.717, 1.165) is 5.56 Å². The van der Waals surface area contributed by atoms with Gasteiger partial charge in [-0.3, -0.25) is 0 Å². The molecule has 88 valence electrons. The van der Waals surface area contributed by atoms with E-state index in [0.29, 0.717) is 10.0 Å². The molecular formula is C13H8Cl3F. The van der Waals surface area contributed by atoms with E-state index in [-0.39, 0.29) is 5.56 Å². The molecule has 0 N–H and O–H groups in total. The lowest BCUT2D eigenvalue weighted by atomic mass is 10.0. The zero-order valence-electron chi connectivity index (χ0n) is 8.63. The molecule has 0 bridgehead atoms. The third-order valence-corrected chi connectivity index (χ3v) is 3.47. The van der Waals surface area contributed by atoms with Crippen LogP contribution in [0, 0.1) is 5.82 Å². The molecule has 2 aromatic rings. The fourth-order valence-corrected chi connectivity index (χ4v) is 2.37. The Hall–Kier alpha value is -0.760. The van der Waals surface area contributed by atoms with Gasteiger partial charge in [-0.1, -0.05) is 41.4 Å². The van der Waals surface area contributed by atoms with Gasteiger partial charge < -0.3 is 0 Å². The quantitative estimate of drug-likeness (QED) is 0.644. The van der Waals surface area contributed by atoms with Crippen LogP contribution in [-0.4, -0.2) is 0 Å². The second-order valence-corrected chi connectivity index (χ2v) is 4.83. The van der Waals surface area contributed by atoms with Crippen LogP contribution >= 0.6 is 34.8 Å². The van der Waals surface area contributed by atoms with Gasteiger partial charge in [0.25, 0.3) is 0 Å². The summed E-state index contributed by atoms with van der Waals surface area (Å²) in [5, 5.41) is 0.304. The minimum Gasteiger partial charge on any atom is -0.207 e. The van der Waals surface area contributed by atoms with Crippen LogP contribution in [0.2, 0.25) is 10.0 Å². The van der Waals surface area contributed by atoms with Crippen LogP contribution in [0.4, 0.5) is 4.39 Å². The minimum absolute atomic E-state index is 0.290. The summed E-state index contributed by atoms with van der Waals surface area (Å²) in [6.07, 6.45) is 0. The summed E-state index contributed by atoms with van der Waals surface area (Å²) in [4.78, 5) is 0. The van der Waals surface area contributed by atoms with Crippen molar-refractivity contribution in [1.82, 2.24) is 0 Å². The molecule has 0 amide bonds. The number of rotatable bonds is 2. The number of halogens is 4. The molecule has 0 nitrogen and oxygen atoms in total. The Kier molecular flexibility index (Phi) is 3.93. The molecule has 0 saturated carbocycles. The first-order valence-electron chi connectivity index (χ1n) is 4.93. The topological polar surface area (TPSA) is 0 Å². The molecule has 0 aliphatic carbocycles. The number of hydrogen-bond donors (Lipinski definition) is 0. The molecule has 2 rings (SSSR count). The summed E-state index contributed by atoms with van der Waals surface area (Å²) in [5.41, 5.74) is 1.04. The van der Waals surface area contributed by atoms with Gasteiger partial charge in [-0.15, -0.1) is 11.6 Å². The van der Waals surface area contributed by atoms with Crippen LogP contribution in [0.25, 0.3) is 0 Å². The van der Waals surface area contributed by atoms with E-state index in [4.69, 9.17) is 34.8 Å². The summed E-state index contributed by atoms with van der Waals surface area (Å²) in [7, 11) is 0. The zero-order valence-corrected chi connectivity index (χ0v) is 10.9. The standard InChI is InChI=1S/C13H8Cl3F/c14-9-6-4-8(5-7-9)13(16)12-10(15)2-1-3-11(12)17/h1-7,13H. The van der Waals surface area contributed by atoms with Crippen LogP contribution in [-0.2, 0) is 0 Å². The van der Waals surface area contributed by atoms with Crippen molar-refractivity contribution in [2.75, 3.05) is 0 Å². The van der Waals surface area contributed by atoms with Crippen LogP contribution in [0.15, 0.2) is 42.5 Å². The largest absolute Gasteiger partial charge is 0.207 e. The fraction of sp³-hybridized carbons (Fsp3) is 0.0769. The van der Waals surface area contributed by atoms with Gasteiger partial charge in [0.2, 0.25) is 0 Å². The van der Waals surface area contributed by atoms with Crippen molar-refractivity contribution in [3.8, 4) is 0 Å². The summed E-state index contributed by atoms with van der Waals surface area (Å²) < 4.78 is 13.7. The number of benzene rings is 2. The maximum atomic E-state index is 13.7. The predicted octanol–water partition coefficient (Wildman–Crippen LogP) is 5.46. The SMILES string of the molecule is Fc1cccc(Cl)c1C(Cl)c1ccc(Cl)cc1. The fourth-order valence-electron chi connectivity index (χ4n) is 1.55. The summed E-state index contributed by atoms with van der Waals surface area (Å²) in [6.45, 7) is 0. The van der Waals surface area contributed by atoms with Gasteiger partial charge in [-0.25, -0.2) is 4.39 Å². The Morgan fingerprint density at radius 2 is 1.59 bits per heavy atom. The molecule has 2 aromatic carbocycles. The molecule has 0 spiro atoms. The Bertz CT molecular complexity index is 502. The van der Waals surface area contributed by atoms with Crippen molar-refractivity contribution >= 4 is 34.8 Å². The van der Waals surface area contributed by atoms with Gasteiger partial charge in [0, 0.05) is 15.6 Å². The Labute approximate surface area is 114 Å². The van der Waals surface area contributed by atoms with Crippen LogP contribution < -0.4 is 0 Å². The average molecular weight is 290 g/mol. The van der Waals surface area contributed by atoms with Crippen molar-refractivity contribution < 1.29 is 4.39 Å². The van der Waals surface area contributed by atoms with Gasteiger partial charge in [-0.05, 0) is 29.8 Å². The minimum atomic E-state index is -0.624. The molecule has 1 atom stereocenters. The summed E-state index contributed by atoms with van der Waals surface area (Å²) in [6, 6.07) is 11.4. The molecule has 0 aliphatic heterocycles. The molecule has 0 aliphatic rings. The number of hydrogen-bond acceptors (Lipinski definition) is 0. The van der Waals surface area contributed by atoms with Crippen molar-refractivity contribution in [1.29, 1.82) is 0 Å². The molecule has 0 saturated heterocycles. The van der Waals surface area contributed by atoms with Crippen molar-refractivity contribution in [2.24, 2.45) is 0 Å². The van der Waals surface area contributed by atoms with Crippen LogP contribution in [0.3, 0.4) is 0 Å². The molecule has 0 aromatic heterocycles. The molecule has 17 heavy (non-hydrogen) atoms. The Morgan fingerprint density at radius 1 is 0.941 bits per heavy atom. The van der Waals surface area contributed by atoms with Crippen molar-refractivity contribution in [3.63, 3.8) is 0 Å². The first kappa shape index (κ1) is 12.7. The lowest BCUT2D eigenvalue weighted by Gasteiger charge is -2.13. The lowest BCUT2D eigenvalue weighted by Crippen LogP contribution is -1.98. The third kappa shape index (κ3) is 2.74. The number of alkyl halides is 1. The summed E-state index contributed by atoms with van der Waals surface area (Å²) in [5.74, 6) is -0.410. The van der Waals surface area contributed by atoms with Gasteiger partial charge in [0.15, 0.2) is 0 Å². The maximum Gasteiger partial charge on any atom is 0.129 e. The summed E-state index contributed by atoms with van der Waals surface area (Å²) >= 11 is 18.0. The van der Waals surface area contributed by atoms with E-state index in [1.54, 1.807) is 36.4 Å². The Balaban J connectivity index is 2.43. The second kappa shape index (κ2) is 5.26. The average Bonchev–Trinajstić information content (AvgIpc) is 2.29. The first-order chi connectivity index (χ1) is 8.09. The molecular weight excluding hydrogens is 282 g/mol. The van der Waals surface area contributed by atoms with Crippen LogP contribution in [0.5, 0.6) is 0 Å². The van der Waals surface area contributed by atoms with E-state index in [1.807, 2.05) is 0 Å². The zero-order chi connectivity index (χ0) is 12.4. The van der Waals surface area contributed by atoms with Crippen LogP contribution in [0.1, 0.15) is 16.5 Å². The monoisotopic (exact) mass is 288 g/mol. The van der Waals surface area contributed by atoms with Crippen molar-refractivity contribution in [2.45, 2.75) is 5.38 Å². The highest BCUT2D eigenvalue weighted by Gasteiger charge is 2.18. The highest BCUT2D eigenvalue weighted by molar-refractivity contribution is 6.33. The van der Waals surface area contributed by atoms with E-state index >= 15 is 0 Å². The van der Waals surface area contributed by atoms with Gasteiger partial charge in [0.1, 0.15) is 5.82 Å². The van der Waals surface area contributed by atoms with E-state index in [1.165, 1.54) is 6.07 Å². The third-order valence-electron chi connectivity index (χ3n) is 2.42. The highest BCUT2D eigenvalue weighted by atomic mass is 35.5. The predicted molar refractivity (Wildman–Crippen MR) is 70.6 cm³/mol. The molecule has 0 fully saturated rings. The van der Waals surface area contributed by atoms with Gasteiger partial charge >= 0.3 is 0 Å². The second-order valence-electron chi connectivity index (χ2n) is 3.55.